The SMILES string of the molecule is Cc1nn(-c2ccccc2)c(C)c1C(=O)C(=O)N1CCC(NC(=O)CCc2ccccc2)CC1. The number of nitrogens with one attached hydrogen (secondary N) is 1. The van der Waals surface area contributed by atoms with Crippen molar-refractivity contribution in [3.63, 3.8) is 0 Å². The standard InChI is InChI=1S/C27H30N4O3/c1-19-25(20(2)31(29-19)23-11-7-4-8-12-23)26(33)27(34)30-17-15-22(16-18-30)28-24(32)14-13-21-9-5-3-6-10-21/h3-12,22H,13-18H2,1-2H3,(H,28,32). The number of amides is 2. The molecular weight excluding hydrogens is 428 g/mol. The lowest BCUT2D eigenvalue weighted by atomic mass is 10.0. The summed E-state index contributed by atoms with van der Waals surface area (Å²) < 4.78 is 1.70. The van der Waals surface area contributed by atoms with E-state index in [2.05, 4.69) is 10.4 Å². The first-order chi connectivity index (χ1) is 16.4. The second kappa shape index (κ2) is 10.5. The van der Waals surface area contributed by atoms with Crippen LogP contribution >= 0.6 is 0 Å². The zero-order chi connectivity index (χ0) is 24.1. The van der Waals surface area contributed by atoms with E-state index in [1.807, 2.05) is 67.6 Å². The van der Waals surface area contributed by atoms with Crippen molar-refractivity contribution in [2.45, 2.75) is 45.6 Å². The van der Waals surface area contributed by atoms with Gasteiger partial charge in [0.15, 0.2) is 0 Å². The fourth-order valence-electron chi connectivity index (χ4n) is 4.47. The number of hydrogen-bond acceptors (Lipinski definition) is 4. The Morgan fingerprint density at radius 1 is 0.941 bits per heavy atom. The van der Waals surface area contributed by atoms with Gasteiger partial charge in [-0.3, -0.25) is 14.4 Å². The predicted octanol–water partition coefficient (Wildman–Crippen LogP) is 3.41. The van der Waals surface area contributed by atoms with Crippen LogP contribution in [0.1, 0.15) is 46.6 Å². The fourth-order valence-corrected chi connectivity index (χ4v) is 4.47. The Balaban J connectivity index is 1.32. The van der Waals surface area contributed by atoms with Crippen LogP contribution in [0.15, 0.2) is 60.7 Å². The molecule has 0 saturated carbocycles. The second-order valence-electron chi connectivity index (χ2n) is 8.74. The largest absolute Gasteiger partial charge is 0.353 e. The van der Waals surface area contributed by atoms with Crippen molar-refractivity contribution in [2.75, 3.05) is 13.1 Å². The molecule has 1 aliphatic rings. The third-order valence-electron chi connectivity index (χ3n) is 6.34. The second-order valence-corrected chi connectivity index (χ2v) is 8.74. The van der Waals surface area contributed by atoms with Crippen LogP contribution in [0.25, 0.3) is 5.69 Å². The van der Waals surface area contributed by atoms with E-state index in [4.69, 9.17) is 0 Å². The van der Waals surface area contributed by atoms with Crippen LogP contribution in [-0.2, 0) is 16.0 Å². The van der Waals surface area contributed by atoms with Crippen LogP contribution in [0.5, 0.6) is 0 Å². The zero-order valence-corrected chi connectivity index (χ0v) is 19.7. The van der Waals surface area contributed by atoms with Gasteiger partial charge in [-0.25, -0.2) is 4.68 Å². The molecule has 7 nitrogen and oxygen atoms in total. The number of benzene rings is 2. The Morgan fingerprint density at radius 3 is 2.21 bits per heavy atom. The number of rotatable bonds is 7. The monoisotopic (exact) mass is 458 g/mol. The molecule has 2 amide bonds. The van der Waals surface area contributed by atoms with Gasteiger partial charge in [0.25, 0.3) is 11.7 Å². The third kappa shape index (κ3) is 5.25. The summed E-state index contributed by atoms with van der Waals surface area (Å²) in [6.45, 7) is 4.45. The highest BCUT2D eigenvalue weighted by Gasteiger charge is 2.31. The van der Waals surface area contributed by atoms with E-state index in [0.29, 0.717) is 55.7 Å². The lowest BCUT2D eigenvalue weighted by molar-refractivity contribution is -0.127. The number of Topliss-reactive ketones (excluding diaryl/α,β-unsaturated/α-hetero) is 1. The van der Waals surface area contributed by atoms with Crippen molar-refractivity contribution >= 4 is 17.6 Å². The minimum atomic E-state index is -0.525. The minimum Gasteiger partial charge on any atom is -0.353 e. The van der Waals surface area contributed by atoms with Crippen LogP contribution in [-0.4, -0.2) is 51.4 Å². The van der Waals surface area contributed by atoms with E-state index in [9.17, 15) is 14.4 Å². The van der Waals surface area contributed by atoms with E-state index in [0.717, 1.165) is 11.3 Å². The van der Waals surface area contributed by atoms with E-state index < -0.39 is 11.7 Å². The maximum atomic E-state index is 13.1. The zero-order valence-electron chi connectivity index (χ0n) is 19.7. The first-order valence-corrected chi connectivity index (χ1v) is 11.7. The number of aryl methyl sites for hydroxylation is 2. The molecule has 1 fully saturated rings. The van der Waals surface area contributed by atoms with Crippen molar-refractivity contribution in [3.05, 3.63) is 83.2 Å². The number of piperidine rings is 1. The van der Waals surface area contributed by atoms with Crippen LogP contribution in [0.4, 0.5) is 0 Å². The highest BCUT2D eigenvalue weighted by atomic mass is 16.2. The molecule has 3 aromatic rings. The summed E-state index contributed by atoms with van der Waals surface area (Å²) in [7, 11) is 0. The highest BCUT2D eigenvalue weighted by molar-refractivity contribution is 6.43. The molecule has 1 saturated heterocycles. The quantitative estimate of drug-likeness (QED) is 0.434. The molecule has 0 bridgehead atoms. The summed E-state index contributed by atoms with van der Waals surface area (Å²) in [5, 5.41) is 7.56. The summed E-state index contributed by atoms with van der Waals surface area (Å²) in [6.07, 6.45) is 2.41. The molecule has 0 atom stereocenters. The normalized spacial score (nSPS) is 14.1. The van der Waals surface area contributed by atoms with Gasteiger partial charge in [0.05, 0.1) is 22.6 Å². The highest BCUT2D eigenvalue weighted by Crippen LogP contribution is 2.20. The lowest BCUT2D eigenvalue weighted by Crippen LogP contribution is -2.48. The van der Waals surface area contributed by atoms with Crippen molar-refractivity contribution in [1.29, 1.82) is 0 Å². The number of ketones is 1. The van der Waals surface area contributed by atoms with Crippen LogP contribution < -0.4 is 5.32 Å². The molecular formula is C27H30N4O3. The van der Waals surface area contributed by atoms with Gasteiger partial charge in [-0.15, -0.1) is 0 Å². The molecule has 176 valence electrons. The van der Waals surface area contributed by atoms with E-state index >= 15 is 0 Å². The number of nitrogens with zero attached hydrogens (tertiary/aromatic N) is 3. The number of hydrogen-bond donors (Lipinski definition) is 1. The molecule has 34 heavy (non-hydrogen) atoms. The van der Waals surface area contributed by atoms with Crippen molar-refractivity contribution < 1.29 is 14.4 Å². The first-order valence-electron chi connectivity index (χ1n) is 11.7. The third-order valence-corrected chi connectivity index (χ3v) is 6.34. The average Bonchev–Trinajstić information content (AvgIpc) is 3.17. The number of aromatic nitrogens is 2. The predicted molar refractivity (Wildman–Crippen MR) is 130 cm³/mol. The van der Waals surface area contributed by atoms with Gasteiger partial charge in [-0.1, -0.05) is 48.5 Å². The van der Waals surface area contributed by atoms with E-state index in [1.54, 1.807) is 16.5 Å². The molecule has 2 aromatic carbocycles. The first kappa shape index (κ1) is 23.4. The molecule has 0 unspecified atom stereocenters. The number of carbonyl (C=O) groups is 3. The summed E-state index contributed by atoms with van der Waals surface area (Å²) in [4.78, 5) is 40.0. The Morgan fingerprint density at radius 2 is 1.56 bits per heavy atom. The fraction of sp³-hybridized carbons (Fsp3) is 0.333. The van der Waals surface area contributed by atoms with Gasteiger partial charge in [-0.05, 0) is 50.8 Å². The Bertz CT molecular complexity index is 1160. The summed E-state index contributed by atoms with van der Waals surface area (Å²) >= 11 is 0. The maximum Gasteiger partial charge on any atom is 0.295 e. The maximum absolute atomic E-state index is 13.1. The van der Waals surface area contributed by atoms with Gasteiger partial charge in [-0.2, -0.15) is 5.10 Å². The molecule has 0 radical (unpaired) electrons. The molecule has 0 aliphatic carbocycles. The molecule has 1 N–H and O–H groups in total. The topological polar surface area (TPSA) is 84.3 Å². The Kier molecular flexibility index (Phi) is 7.21. The van der Waals surface area contributed by atoms with Gasteiger partial charge in [0, 0.05) is 25.6 Å². The summed E-state index contributed by atoms with van der Waals surface area (Å²) in [6, 6.07) is 19.5. The molecule has 2 heterocycles. The van der Waals surface area contributed by atoms with E-state index in [1.165, 1.54) is 0 Å². The Labute approximate surface area is 199 Å². The molecule has 1 aliphatic heterocycles. The van der Waals surface area contributed by atoms with Crippen molar-refractivity contribution in [2.24, 2.45) is 0 Å². The van der Waals surface area contributed by atoms with Crippen LogP contribution in [0.3, 0.4) is 0 Å². The van der Waals surface area contributed by atoms with Crippen LogP contribution in [0, 0.1) is 13.8 Å². The smallest absolute Gasteiger partial charge is 0.295 e. The van der Waals surface area contributed by atoms with Crippen molar-refractivity contribution in [1.82, 2.24) is 20.0 Å². The molecule has 0 spiro atoms. The van der Waals surface area contributed by atoms with Crippen molar-refractivity contribution in [3.8, 4) is 5.69 Å². The molecule has 7 heteroatoms. The average molecular weight is 459 g/mol. The van der Waals surface area contributed by atoms with Gasteiger partial charge in [0.1, 0.15) is 0 Å². The summed E-state index contributed by atoms with van der Waals surface area (Å²) in [5.74, 6) is -1.01. The van der Waals surface area contributed by atoms with E-state index in [-0.39, 0.29) is 11.9 Å². The Hall–Kier alpha value is -3.74. The lowest BCUT2D eigenvalue weighted by Gasteiger charge is -2.32. The molecule has 4 rings (SSSR count). The number of carbonyl (C=O) groups excluding carboxylic acids is 3. The number of likely N-dealkylation sites (tertiary alicyclic amines) is 1. The van der Waals surface area contributed by atoms with Crippen LogP contribution in [0.2, 0.25) is 0 Å². The van der Waals surface area contributed by atoms with Gasteiger partial charge in [0.2, 0.25) is 5.91 Å². The van der Waals surface area contributed by atoms with Gasteiger partial charge < -0.3 is 10.2 Å². The minimum absolute atomic E-state index is 0.0179. The van der Waals surface area contributed by atoms with Gasteiger partial charge >= 0.3 is 0 Å². The molecule has 1 aromatic heterocycles. The summed E-state index contributed by atoms with van der Waals surface area (Å²) in [5.41, 5.74) is 3.55. The number of para-hydroxylation sites is 1.